The zero-order valence-electron chi connectivity index (χ0n) is 11.0. The van der Waals surface area contributed by atoms with E-state index in [2.05, 4.69) is 15.4 Å². The van der Waals surface area contributed by atoms with Crippen LogP contribution in [0.15, 0.2) is 30.3 Å². The molecule has 0 saturated carbocycles. The quantitative estimate of drug-likeness (QED) is 0.750. The van der Waals surface area contributed by atoms with Gasteiger partial charge in [-0.3, -0.25) is 4.79 Å². The summed E-state index contributed by atoms with van der Waals surface area (Å²) in [4.78, 5) is 15.4. The van der Waals surface area contributed by atoms with E-state index in [0.717, 1.165) is 13.1 Å². The van der Waals surface area contributed by atoms with Gasteiger partial charge in [0.05, 0.1) is 13.2 Å². The Morgan fingerprint density at radius 3 is 2.70 bits per heavy atom. The summed E-state index contributed by atoms with van der Waals surface area (Å²) in [6.07, 6.45) is 0. The molecule has 2 aromatic rings. The number of rotatable bonds is 4. The number of carbonyl (C=O) groups excluding carboxylic acids is 1. The minimum Gasteiger partial charge on any atom is -0.378 e. The second-order valence-electron chi connectivity index (χ2n) is 4.51. The van der Waals surface area contributed by atoms with Gasteiger partial charge in [0, 0.05) is 18.7 Å². The molecule has 0 bridgehead atoms. The summed E-state index contributed by atoms with van der Waals surface area (Å²) in [5.41, 5.74) is 0.651. The van der Waals surface area contributed by atoms with E-state index >= 15 is 0 Å². The van der Waals surface area contributed by atoms with E-state index in [-0.39, 0.29) is 12.3 Å². The number of Topliss-reactive ketones (excluding diaryl/α,β-unsaturated/α-hetero) is 1. The minimum absolute atomic E-state index is 0.0310. The first-order valence-corrected chi connectivity index (χ1v) is 6.52. The molecule has 3 rings (SSSR count). The molecular formula is C13H15N5O2. The molecule has 20 heavy (non-hydrogen) atoms. The van der Waals surface area contributed by atoms with Gasteiger partial charge in [-0.15, -0.1) is 5.10 Å². The highest BCUT2D eigenvalue weighted by Gasteiger charge is 2.17. The molecule has 2 heterocycles. The lowest BCUT2D eigenvalue weighted by molar-refractivity contribution is 0.0961. The maximum Gasteiger partial charge on any atom is 0.266 e. The molecule has 0 aliphatic carbocycles. The van der Waals surface area contributed by atoms with Crippen molar-refractivity contribution in [3.05, 3.63) is 35.9 Å². The van der Waals surface area contributed by atoms with Crippen molar-refractivity contribution >= 4 is 11.7 Å². The van der Waals surface area contributed by atoms with Crippen LogP contribution in [0.1, 0.15) is 10.4 Å². The smallest absolute Gasteiger partial charge is 0.266 e. The van der Waals surface area contributed by atoms with Gasteiger partial charge in [-0.1, -0.05) is 35.4 Å². The number of hydrogen-bond acceptors (Lipinski definition) is 6. The van der Waals surface area contributed by atoms with Crippen molar-refractivity contribution in [3.63, 3.8) is 0 Å². The largest absolute Gasteiger partial charge is 0.378 e. The average Bonchev–Trinajstić information content (AvgIpc) is 2.97. The van der Waals surface area contributed by atoms with Crippen LogP contribution >= 0.6 is 0 Å². The second-order valence-corrected chi connectivity index (χ2v) is 4.51. The van der Waals surface area contributed by atoms with Crippen LogP contribution in [-0.2, 0) is 11.3 Å². The maximum atomic E-state index is 12.0. The number of carbonyl (C=O) groups is 1. The SMILES string of the molecule is O=C(Cn1nnc(N2CCOCC2)n1)c1ccccc1. The number of anilines is 1. The van der Waals surface area contributed by atoms with Crippen molar-refractivity contribution in [2.24, 2.45) is 0 Å². The molecule has 104 valence electrons. The normalized spacial score (nSPS) is 15.3. The molecule has 1 aromatic heterocycles. The summed E-state index contributed by atoms with van der Waals surface area (Å²) < 4.78 is 5.27. The Bertz CT molecular complexity index is 577. The highest BCUT2D eigenvalue weighted by molar-refractivity contribution is 5.95. The molecule has 1 aliphatic heterocycles. The first-order chi connectivity index (χ1) is 9.83. The van der Waals surface area contributed by atoms with E-state index in [4.69, 9.17) is 4.74 Å². The average molecular weight is 273 g/mol. The van der Waals surface area contributed by atoms with Gasteiger partial charge in [-0.2, -0.15) is 4.80 Å². The number of ether oxygens (including phenoxy) is 1. The third-order valence-electron chi connectivity index (χ3n) is 3.12. The van der Waals surface area contributed by atoms with Crippen molar-refractivity contribution in [1.29, 1.82) is 0 Å². The summed E-state index contributed by atoms with van der Waals surface area (Å²) in [6, 6.07) is 9.10. The lowest BCUT2D eigenvalue weighted by Gasteiger charge is -2.24. The van der Waals surface area contributed by atoms with Gasteiger partial charge in [0.2, 0.25) is 0 Å². The summed E-state index contributed by atoms with van der Waals surface area (Å²) in [6.45, 7) is 2.92. The van der Waals surface area contributed by atoms with Gasteiger partial charge in [0.1, 0.15) is 6.54 Å². The Kier molecular flexibility index (Phi) is 3.69. The van der Waals surface area contributed by atoms with Gasteiger partial charge < -0.3 is 9.64 Å². The monoisotopic (exact) mass is 273 g/mol. The molecule has 0 N–H and O–H groups in total. The zero-order valence-corrected chi connectivity index (χ0v) is 11.0. The number of nitrogens with zero attached hydrogens (tertiary/aromatic N) is 5. The predicted octanol–water partition coefficient (Wildman–Crippen LogP) is 0.393. The molecule has 1 aliphatic rings. The molecule has 7 heteroatoms. The third kappa shape index (κ3) is 2.83. The molecule has 0 amide bonds. The Hall–Kier alpha value is -2.28. The second kappa shape index (κ2) is 5.79. The summed E-state index contributed by atoms with van der Waals surface area (Å²) in [5, 5.41) is 12.2. The van der Waals surface area contributed by atoms with E-state index in [1.165, 1.54) is 4.80 Å². The lowest BCUT2D eigenvalue weighted by atomic mass is 10.1. The number of aromatic nitrogens is 4. The van der Waals surface area contributed by atoms with Crippen molar-refractivity contribution in [1.82, 2.24) is 20.2 Å². The highest BCUT2D eigenvalue weighted by Crippen LogP contribution is 2.08. The first-order valence-electron chi connectivity index (χ1n) is 6.52. The zero-order chi connectivity index (χ0) is 13.8. The van der Waals surface area contributed by atoms with Crippen molar-refractivity contribution in [3.8, 4) is 0 Å². The Labute approximate surface area is 116 Å². The summed E-state index contributed by atoms with van der Waals surface area (Å²) in [5.74, 6) is 0.519. The molecule has 0 radical (unpaired) electrons. The molecule has 0 atom stereocenters. The number of morpholine rings is 1. The molecule has 1 fully saturated rings. The van der Waals surface area contributed by atoms with Crippen LogP contribution in [0.3, 0.4) is 0 Å². The summed E-state index contributed by atoms with van der Waals surface area (Å²) >= 11 is 0. The predicted molar refractivity (Wildman–Crippen MR) is 71.6 cm³/mol. The fourth-order valence-corrected chi connectivity index (χ4v) is 2.04. The van der Waals surface area contributed by atoms with Gasteiger partial charge >= 0.3 is 0 Å². The Morgan fingerprint density at radius 2 is 1.95 bits per heavy atom. The van der Waals surface area contributed by atoms with Gasteiger partial charge in [-0.25, -0.2) is 0 Å². The van der Waals surface area contributed by atoms with Crippen molar-refractivity contribution in [2.45, 2.75) is 6.54 Å². The maximum absolute atomic E-state index is 12.0. The van der Waals surface area contributed by atoms with Crippen LogP contribution in [0, 0.1) is 0 Å². The number of hydrogen-bond donors (Lipinski definition) is 0. The third-order valence-corrected chi connectivity index (χ3v) is 3.12. The molecule has 0 spiro atoms. The fourth-order valence-electron chi connectivity index (χ4n) is 2.04. The Balaban J connectivity index is 1.66. The number of tetrazole rings is 1. The first kappa shape index (κ1) is 12.7. The van der Waals surface area contributed by atoms with Crippen LogP contribution in [0.25, 0.3) is 0 Å². The standard InChI is InChI=1S/C13H15N5O2/c19-12(11-4-2-1-3-5-11)10-18-15-13(14-16-18)17-6-8-20-9-7-17/h1-5H,6-10H2. The van der Waals surface area contributed by atoms with Crippen LogP contribution in [0.2, 0.25) is 0 Å². The topological polar surface area (TPSA) is 73.1 Å². The molecule has 7 nitrogen and oxygen atoms in total. The van der Waals surface area contributed by atoms with Crippen molar-refractivity contribution < 1.29 is 9.53 Å². The molecular weight excluding hydrogens is 258 g/mol. The minimum atomic E-state index is -0.0310. The van der Waals surface area contributed by atoms with E-state index in [1.54, 1.807) is 12.1 Å². The van der Waals surface area contributed by atoms with Gasteiger partial charge in [-0.05, 0) is 5.21 Å². The summed E-state index contributed by atoms with van der Waals surface area (Å²) in [7, 11) is 0. The van der Waals surface area contributed by atoms with E-state index in [9.17, 15) is 4.79 Å². The Morgan fingerprint density at radius 1 is 1.20 bits per heavy atom. The molecule has 1 saturated heterocycles. The lowest BCUT2D eigenvalue weighted by Crippen LogP contribution is -2.37. The van der Waals surface area contributed by atoms with Crippen LogP contribution in [-0.4, -0.2) is 52.3 Å². The van der Waals surface area contributed by atoms with E-state index in [0.29, 0.717) is 24.7 Å². The number of ketones is 1. The van der Waals surface area contributed by atoms with Crippen LogP contribution in [0.4, 0.5) is 5.95 Å². The number of benzene rings is 1. The molecule has 0 unspecified atom stereocenters. The van der Waals surface area contributed by atoms with Crippen LogP contribution in [0.5, 0.6) is 0 Å². The van der Waals surface area contributed by atoms with Crippen molar-refractivity contribution in [2.75, 3.05) is 31.2 Å². The van der Waals surface area contributed by atoms with E-state index < -0.39 is 0 Å². The fraction of sp³-hybridized carbons (Fsp3) is 0.385. The van der Waals surface area contributed by atoms with E-state index in [1.807, 2.05) is 23.1 Å². The van der Waals surface area contributed by atoms with Crippen LogP contribution < -0.4 is 4.90 Å². The highest BCUT2D eigenvalue weighted by atomic mass is 16.5. The van der Waals surface area contributed by atoms with Gasteiger partial charge in [0.15, 0.2) is 5.78 Å². The molecule has 1 aromatic carbocycles. The van der Waals surface area contributed by atoms with Gasteiger partial charge in [0.25, 0.3) is 5.95 Å².